The lowest BCUT2D eigenvalue weighted by Crippen LogP contribution is -2.49. The fourth-order valence-electron chi connectivity index (χ4n) is 1.47. The maximum Gasteiger partial charge on any atom is 0.267 e. The molecule has 1 heterocycles. The van der Waals surface area contributed by atoms with E-state index in [1.54, 1.807) is 6.92 Å². The van der Waals surface area contributed by atoms with Crippen LogP contribution in [0.2, 0.25) is 0 Å². The summed E-state index contributed by atoms with van der Waals surface area (Å²) in [6.07, 6.45) is 1.20. The smallest absolute Gasteiger partial charge is 0.267 e. The van der Waals surface area contributed by atoms with Crippen LogP contribution < -0.4 is 5.73 Å². The molecule has 1 saturated heterocycles. The van der Waals surface area contributed by atoms with Crippen LogP contribution in [0, 0.1) is 5.41 Å². The molecular weight excluding hydrogens is 164 g/mol. The molecule has 12 heavy (non-hydrogen) atoms. The van der Waals surface area contributed by atoms with E-state index in [2.05, 4.69) is 0 Å². The normalized spacial score (nSPS) is 32.0. The van der Waals surface area contributed by atoms with Crippen molar-refractivity contribution in [1.82, 2.24) is 0 Å². The van der Waals surface area contributed by atoms with Crippen molar-refractivity contribution in [3.8, 4) is 0 Å². The second-order valence-electron chi connectivity index (χ2n) is 3.63. The highest BCUT2D eigenvalue weighted by Crippen LogP contribution is 2.41. The van der Waals surface area contributed by atoms with Gasteiger partial charge in [0.25, 0.3) is 5.92 Å². The van der Waals surface area contributed by atoms with Crippen LogP contribution in [0.5, 0.6) is 0 Å². The van der Waals surface area contributed by atoms with Gasteiger partial charge in [-0.15, -0.1) is 0 Å². The molecule has 0 saturated carbocycles. The van der Waals surface area contributed by atoms with E-state index in [9.17, 15) is 8.78 Å². The van der Waals surface area contributed by atoms with E-state index in [1.165, 1.54) is 0 Å². The molecule has 0 amide bonds. The summed E-state index contributed by atoms with van der Waals surface area (Å²) in [4.78, 5) is 0. The quantitative estimate of drug-likeness (QED) is 0.695. The number of alkyl halides is 2. The van der Waals surface area contributed by atoms with Crippen molar-refractivity contribution >= 4 is 0 Å². The Labute approximate surface area is 71.1 Å². The van der Waals surface area contributed by atoms with E-state index in [0.717, 1.165) is 0 Å². The predicted molar refractivity (Wildman–Crippen MR) is 42.2 cm³/mol. The number of ether oxygens (including phenoxy) is 1. The molecule has 0 aromatic carbocycles. The summed E-state index contributed by atoms with van der Waals surface area (Å²) in [6.45, 7) is 1.67. The Morgan fingerprint density at radius 2 is 2.25 bits per heavy atom. The van der Waals surface area contributed by atoms with Gasteiger partial charge in [0.1, 0.15) is 0 Å². The predicted octanol–water partition coefficient (Wildman–Crippen LogP) is 1.40. The molecule has 0 aliphatic carbocycles. The molecule has 0 aromatic heterocycles. The summed E-state index contributed by atoms with van der Waals surface area (Å²) >= 11 is 0. The monoisotopic (exact) mass is 179 g/mol. The molecule has 1 aliphatic heterocycles. The van der Waals surface area contributed by atoms with Crippen LogP contribution in [0.4, 0.5) is 8.78 Å². The van der Waals surface area contributed by atoms with Crippen molar-refractivity contribution < 1.29 is 13.5 Å². The number of hydrogen-bond donors (Lipinski definition) is 1. The Kier molecular flexibility index (Phi) is 2.68. The van der Waals surface area contributed by atoms with Gasteiger partial charge >= 0.3 is 0 Å². The average Bonchev–Trinajstić information content (AvgIpc) is 2.06. The zero-order chi connectivity index (χ0) is 9.24. The average molecular weight is 179 g/mol. The summed E-state index contributed by atoms with van der Waals surface area (Å²) in [5.41, 5.74) is 3.96. The molecule has 1 atom stereocenters. The molecule has 4 heteroatoms. The van der Waals surface area contributed by atoms with Crippen molar-refractivity contribution in [3.63, 3.8) is 0 Å². The van der Waals surface area contributed by atoms with Gasteiger partial charge in [-0.25, -0.2) is 8.78 Å². The van der Waals surface area contributed by atoms with Crippen molar-refractivity contribution in [3.05, 3.63) is 0 Å². The number of halogens is 2. The summed E-state index contributed by atoms with van der Waals surface area (Å²) < 4.78 is 31.5. The van der Waals surface area contributed by atoms with Gasteiger partial charge in [0.2, 0.25) is 0 Å². The van der Waals surface area contributed by atoms with Crippen molar-refractivity contribution in [2.24, 2.45) is 11.1 Å². The van der Waals surface area contributed by atoms with E-state index < -0.39 is 17.9 Å². The second-order valence-corrected chi connectivity index (χ2v) is 3.63. The molecule has 1 fully saturated rings. The molecule has 2 N–H and O–H groups in total. The third-order valence-corrected chi connectivity index (χ3v) is 2.58. The third kappa shape index (κ3) is 1.59. The summed E-state index contributed by atoms with van der Waals surface area (Å²) in [5, 5.41) is 0. The van der Waals surface area contributed by atoms with Gasteiger partial charge in [-0.2, -0.15) is 0 Å². The first-order chi connectivity index (χ1) is 5.52. The number of rotatable bonds is 2. The highest BCUT2D eigenvalue weighted by Gasteiger charge is 2.49. The van der Waals surface area contributed by atoms with Gasteiger partial charge in [0.15, 0.2) is 0 Å². The number of nitrogens with two attached hydrogens (primary N) is 1. The minimum atomic E-state index is -2.80. The zero-order valence-electron chi connectivity index (χ0n) is 7.28. The molecule has 0 spiro atoms. The van der Waals surface area contributed by atoms with E-state index in [0.29, 0.717) is 19.4 Å². The van der Waals surface area contributed by atoms with Crippen LogP contribution in [0.1, 0.15) is 19.8 Å². The topological polar surface area (TPSA) is 35.2 Å². The largest absolute Gasteiger partial charge is 0.381 e. The van der Waals surface area contributed by atoms with Crippen LogP contribution >= 0.6 is 0 Å². The Balaban J connectivity index is 2.68. The minimum absolute atomic E-state index is 0.122. The Morgan fingerprint density at radius 1 is 1.58 bits per heavy atom. The van der Waals surface area contributed by atoms with E-state index in [1.807, 2.05) is 0 Å². The van der Waals surface area contributed by atoms with Crippen molar-refractivity contribution in [1.29, 1.82) is 0 Å². The minimum Gasteiger partial charge on any atom is -0.381 e. The molecule has 1 unspecified atom stereocenters. The first-order valence-electron chi connectivity index (χ1n) is 4.17. The van der Waals surface area contributed by atoms with Gasteiger partial charge in [0, 0.05) is 6.61 Å². The number of hydrogen-bond acceptors (Lipinski definition) is 2. The lowest BCUT2D eigenvalue weighted by molar-refractivity contribution is -0.160. The van der Waals surface area contributed by atoms with Crippen LogP contribution in [-0.4, -0.2) is 25.7 Å². The van der Waals surface area contributed by atoms with E-state index in [4.69, 9.17) is 10.5 Å². The summed E-state index contributed by atoms with van der Waals surface area (Å²) in [6, 6.07) is 0. The molecule has 0 bridgehead atoms. The first-order valence-corrected chi connectivity index (χ1v) is 4.17. The maximum absolute atomic E-state index is 13.2. The van der Waals surface area contributed by atoms with E-state index in [-0.39, 0.29) is 6.61 Å². The molecule has 0 radical (unpaired) electrons. The van der Waals surface area contributed by atoms with Gasteiger partial charge < -0.3 is 10.5 Å². The van der Waals surface area contributed by atoms with Crippen LogP contribution in [0.15, 0.2) is 0 Å². The second kappa shape index (κ2) is 3.26. The summed E-state index contributed by atoms with van der Waals surface area (Å²) in [5.74, 6) is -2.80. The van der Waals surface area contributed by atoms with Gasteiger partial charge in [-0.3, -0.25) is 0 Å². The van der Waals surface area contributed by atoms with E-state index >= 15 is 0 Å². The summed E-state index contributed by atoms with van der Waals surface area (Å²) in [7, 11) is 0. The van der Waals surface area contributed by atoms with Gasteiger partial charge in [-0.05, 0) is 12.8 Å². The maximum atomic E-state index is 13.2. The van der Waals surface area contributed by atoms with Crippen LogP contribution in [-0.2, 0) is 4.74 Å². The fraction of sp³-hybridized carbons (Fsp3) is 1.00. The molecule has 2 nitrogen and oxygen atoms in total. The molecule has 1 aliphatic rings. The van der Waals surface area contributed by atoms with Crippen LogP contribution in [0.25, 0.3) is 0 Å². The highest BCUT2D eigenvalue weighted by atomic mass is 19.3. The molecule has 1 rings (SSSR count). The zero-order valence-corrected chi connectivity index (χ0v) is 7.28. The first kappa shape index (κ1) is 9.86. The van der Waals surface area contributed by atoms with Crippen LogP contribution in [0.3, 0.4) is 0 Å². The van der Waals surface area contributed by atoms with Gasteiger partial charge in [0.05, 0.1) is 18.6 Å². The third-order valence-electron chi connectivity index (χ3n) is 2.58. The standard InChI is InChI=1S/C8H15F2NO/c1-7(8(9,10)5-11)3-2-4-12-6-7/h2-6,11H2,1H3. The lowest BCUT2D eigenvalue weighted by Gasteiger charge is -2.39. The Bertz CT molecular complexity index is 155. The Hall–Kier alpha value is -0.220. The molecule has 0 aromatic rings. The highest BCUT2D eigenvalue weighted by molar-refractivity contribution is 4.91. The molecular formula is C8H15F2NO. The molecule has 72 valence electrons. The SMILES string of the molecule is CC1(C(F)(F)CN)CCCOC1. The van der Waals surface area contributed by atoms with Gasteiger partial charge in [-0.1, -0.05) is 6.92 Å². The van der Waals surface area contributed by atoms with Crippen molar-refractivity contribution in [2.45, 2.75) is 25.7 Å². The lowest BCUT2D eigenvalue weighted by atomic mass is 9.78. The fourth-order valence-corrected chi connectivity index (χ4v) is 1.47. The Morgan fingerprint density at radius 3 is 2.67 bits per heavy atom. The van der Waals surface area contributed by atoms with Crippen molar-refractivity contribution in [2.75, 3.05) is 19.8 Å².